The zero-order chi connectivity index (χ0) is 18.7. The second kappa shape index (κ2) is 8.43. The van der Waals surface area contributed by atoms with E-state index in [4.69, 9.17) is 23.2 Å². The third-order valence-corrected chi connectivity index (χ3v) is 5.95. The van der Waals surface area contributed by atoms with Gasteiger partial charge in [-0.25, -0.2) is 0 Å². The Morgan fingerprint density at radius 3 is 2.54 bits per heavy atom. The Balaban J connectivity index is 1.53. The first kappa shape index (κ1) is 19.2. The largest absolute Gasteiger partial charge is 0.326 e. The molecule has 0 atom stereocenters. The number of halogens is 2. The van der Waals surface area contributed by atoms with Crippen molar-refractivity contribution in [1.29, 1.82) is 0 Å². The maximum atomic E-state index is 12.6. The van der Waals surface area contributed by atoms with Crippen molar-refractivity contribution in [3.05, 3.63) is 63.1 Å². The summed E-state index contributed by atoms with van der Waals surface area (Å²) in [5, 5.41) is 4.28. The molecule has 1 N–H and O–H groups in total. The number of rotatable bonds is 4. The molecule has 2 aromatic rings. The van der Waals surface area contributed by atoms with Crippen LogP contribution >= 0.6 is 23.2 Å². The number of piperidine rings is 1. The highest BCUT2D eigenvalue weighted by atomic mass is 35.5. The summed E-state index contributed by atoms with van der Waals surface area (Å²) in [5.74, 6) is 0.202. The summed E-state index contributed by atoms with van der Waals surface area (Å²) in [6.07, 6.45) is 1.75. The molecule has 0 spiro atoms. The van der Waals surface area contributed by atoms with E-state index in [1.165, 1.54) is 5.56 Å². The molecule has 1 heterocycles. The van der Waals surface area contributed by atoms with Gasteiger partial charge in [-0.05, 0) is 74.7 Å². The highest BCUT2D eigenvalue weighted by Crippen LogP contribution is 2.26. The zero-order valence-corrected chi connectivity index (χ0v) is 16.7. The molecule has 0 unspecified atom stereocenters. The molecular formula is C21H24Cl2N2O. The minimum atomic E-state index is 0.0694. The van der Waals surface area contributed by atoms with E-state index in [0.717, 1.165) is 49.3 Å². The number of hydrogen-bond acceptors (Lipinski definition) is 2. The Labute approximate surface area is 165 Å². The van der Waals surface area contributed by atoms with Gasteiger partial charge in [-0.1, -0.05) is 41.4 Å². The van der Waals surface area contributed by atoms with Crippen LogP contribution in [0.25, 0.3) is 0 Å². The lowest BCUT2D eigenvalue weighted by Gasteiger charge is -2.31. The standard InChI is InChI=1S/C21H24Cl2N2O/c1-14-4-3-5-20(15(14)2)24-21(26)17-8-10-25(11-9-17)13-16-6-7-18(22)19(23)12-16/h3-7,12,17H,8-11,13H2,1-2H3,(H,24,26). The number of nitrogens with zero attached hydrogens (tertiary/aromatic N) is 1. The Kier molecular flexibility index (Phi) is 6.23. The van der Waals surface area contributed by atoms with Crippen LogP contribution in [0.4, 0.5) is 5.69 Å². The fraction of sp³-hybridized carbons (Fsp3) is 0.381. The molecule has 2 aromatic carbocycles. The maximum Gasteiger partial charge on any atom is 0.227 e. The molecule has 1 aliphatic heterocycles. The van der Waals surface area contributed by atoms with Crippen LogP contribution in [0, 0.1) is 19.8 Å². The molecule has 1 aliphatic rings. The smallest absolute Gasteiger partial charge is 0.227 e. The van der Waals surface area contributed by atoms with Crippen LogP contribution in [0.2, 0.25) is 10.0 Å². The van der Waals surface area contributed by atoms with Crippen molar-refractivity contribution in [3.63, 3.8) is 0 Å². The van der Waals surface area contributed by atoms with Crippen LogP contribution in [-0.4, -0.2) is 23.9 Å². The number of amides is 1. The Morgan fingerprint density at radius 1 is 1.12 bits per heavy atom. The molecule has 0 saturated carbocycles. The summed E-state index contributed by atoms with van der Waals surface area (Å²) >= 11 is 12.1. The van der Waals surface area contributed by atoms with Crippen LogP contribution < -0.4 is 5.32 Å². The Morgan fingerprint density at radius 2 is 1.85 bits per heavy atom. The van der Waals surface area contributed by atoms with E-state index in [-0.39, 0.29) is 11.8 Å². The second-order valence-corrected chi connectivity index (χ2v) is 7.85. The first-order chi connectivity index (χ1) is 12.4. The molecule has 138 valence electrons. The predicted octanol–water partition coefficient (Wildman–Crippen LogP) is 5.46. The van der Waals surface area contributed by atoms with Crippen molar-refractivity contribution >= 4 is 34.8 Å². The van der Waals surface area contributed by atoms with Crippen molar-refractivity contribution < 1.29 is 4.79 Å². The van der Waals surface area contributed by atoms with Gasteiger partial charge < -0.3 is 5.32 Å². The van der Waals surface area contributed by atoms with Gasteiger partial charge in [0.25, 0.3) is 0 Å². The van der Waals surface area contributed by atoms with Crippen LogP contribution in [0.15, 0.2) is 36.4 Å². The number of anilines is 1. The quantitative estimate of drug-likeness (QED) is 0.751. The van der Waals surface area contributed by atoms with Gasteiger partial charge in [-0.3, -0.25) is 9.69 Å². The summed E-state index contributed by atoms with van der Waals surface area (Å²) in [4.78, 5) is 15.0. The molecule has 3 nitrogen and oxygen atoms in total. The first-order valence-electron chi connectivity index (χ1n) is 8.97. The van der Waals surface area contributed by atoms with E-state index in [1.54, 1.807) is 0 Å². The summed E-state index contributed by atoms with van der Waals surface area (Å²) in [7, 11) is 0. The van der Waals surface area contributed by atoms with E-state index in [9.17, 15) is 4.79 Å². The molecule has 26 heavy (non-hydrogen) atoms. The van der Waals surface area contributed by atoms with E-state index < -0.39 is 0 Å². The van der Waals surface area contributed by atoms with Gasteiger partial charge in [0.15, 0.2) is 0 Å². The molecular weight excluding hydrogens is 367 g/mol. The number of carbonyl (C=O) groups excluding carboxylic acids is 1. The Hall–Kier alpha value is -1.55. The number of likely N-dealkylation sites (tertiary alicyclic amines) is 1. The summed E-state index contributed by atoms with van der Waals surface area (Å²) in [5.41, 5.74) is 4.41. The fourth-order valence-corrected chi connectivity index (χ4v) is 3.69. The zero-order valence-electron chi connectivity index (χ0n) is 15.2. The van der Waals surface area contributed by atoms with Crippen LogP contribution in [0.3, 0.4) is 0 Å². The van der Waals surface area contributed by atoms with Crippen molar-refractivity contribution in [2.24, 2.45) is 5.92 Å². The van der Waals surface area contributed by atoms with Crippen molar-refractivity contribution in [3.8, 4) is 0 Å². The highest BCUT2D eigenvalue weighted by Gasteiger charge is 2.25. The van der Waals surface area contributed by atoms with E-state index in [2.05, 4.69) is 23.2 Å². The molecule has 5 heteroatoms. The molecule has 1 fully saturated rings. The molecule has 0 radical (unpaired) electrons. The number of aryl methyl sites for hydroxylation is 1. The van der Waals surface area contributed by atoms with Crippen LogP contribution in [0.1, 0.15) is 29.5 Å². The first-order valence-corrected chi connectivity index (χ1v) is 9.73. The van der Waals surface area contributed by atoms with Gasteiger partial charge in [0.05, 0.1) is 10.0 Å². The molecule has 0 bridgehead atoms. The van der Waals surface area contributed by atoms with Gasteiger partial charge in [-0.15, -0.1) is 0 Å². The average molecular weight is 391 g/mol. The molecule has 1 saturated heterocycles. The fourth-order valence-electron chi connectivity index (χ4n) is 3.37. The lowest BCUT2D eigenvalue weighted by atomic mass is 9.95. The van der Waals surface area contributed by atoms with Gasteiger partial charge in [-0.2, -0.15) is 0 Å². The minimum Gasteiger partial charge on any atom is -0.326 e. The minimum absolute atomic E-state index is 0.0694. The van der Waals surface area contributed by atoms with E-state index >= 15 is 0 Å². The lowest BCUT2D eigenvalue weighted by molar-refractivity contribution is -0.121. The summed E-state index contributed by atoms with van der Waals surface area (Å²) in [6.45, 7) is 6.76. The van der Waals surface area contributed by atoms with Crippen molar-refractivity contribution in [2.75, 3.05) is 18.4 Å². The van der Waals surface area contributed by atoms with Crippen molar-refractivity contribution in [1.82, 2.24) is 4.90 Å². The maximum absolute atomic E-state index is 12.6. The summed E-state index contributed by atoms with van der Waals surface area (Å²) < 4.78 is 0. The van der Waals surface area contributed by atoms with Gasteiger partial charge in [0.2, 0.25) is 5.91 Å². The number of hydrogen-bond donors (Lipinski definition) is 1. The third-order valence-electron chi connectivity index (χ3n) is 5.21. The van der Waals surface area contributed by atoms with Crippen molar-refractivity contribution in [2.45, 2.75) is 33.2 Å². The predicted molar refractivity (Wildman–Crippen MR) is 109 cm³/mol. The van der Waals surface area contributed by atoms with Crippen LogP contribution in [0.5, 0.6) is 0 Å². The van der Waals surface area contributed by atoms with Gasteiger partial charge >= 0.3 is 0 Å². The monoisotopic (exact) mass is 390 g/mol. The third kappa shape index (κ3) is 4.59. The van der Waals surface area contributed by atoms with E-state index in [1.807, 2.05) is 37.3 Å². The van der Waals surface area contributed by atoms with Gasteiger partial charge in [0.1, 0.15) is 0 Å². The second-order valence-electron chi connectivity index (χ2n) is 7.04. The summed E-state index contributed by atoms with van der Waals surface area (Å²) in [6, 6.07) is 11.8. The number of carbonyl (C=O) groups is 1. The normalized spacial score (nSPS) is 15.8. The van der Waals surface area contributed by atoms with Crippen LogP contribution in [-0.2, 0) is 11.3 Å². The van der Waals surface area contributed by atoms with Gasteiger partial charge in [0, 0.05) is 18.2 Å². The average Bonchev–Trinajstić information content (AvgIpc) is 2.63. The molecule has 3 rings (SSSR count). The number of nitrogens with one attached hydrogen (secondary N) is 1. The molecule has 1 amide bonds. The Bertz CT molecular complexity index is 799. The molecule has 0 aliphatic carbocycles. The molecule has 0 aromatic heterocycles. The topological polar surface area (TPSA) is 32.3 Å². The lowest BCUT2D eigenvalue weighted by Crippen LogP contribution is -2.37. The highest BCUT2D eigenvalue weighted by molar-refractivity contribution is 6.42. The SMILES string of the molecule is Cc1cccc(NC(=O)C2CCN(Cc3ccc(Cl)c(Cl)c3)CC2)c1C. The van der Waals surface area contributed by atoms with E-state index in [0.29, 0.717) is 10.0 Å². The number of benzene rings is 2.